The summed E-state index contributed by atoms with van der Waals surface area (Å²) in [5.41, 5.74) is 1.74. The third-order valence-electron chi connectivity index (χ3n) is 4.92. The van der Waals surface area contributed by atoms with Gasteiger partial charge in [-0.3, -0.25) is 4.79 Å². The van der Waals surface area contributed by atoms with Crippen LogP contribution in [-0.2, 0) is 4.74 Å². The number of carbonyl (C=O) groups excluding carboxylic acids is 1. The van der Waals surface area contributed by atoms with Gasteiger partial charge in [0.2, 0.25) is 5.88 Å². The second kappa shape index (κ2) is 8.15. The van der Waals surface area contributed by atoms with Crippen LogP contribution in [0.5, 0.6) is 5.88 Å². The maximum Gasteiger partial charge on any atom is 0.254 e. The molecule has 142 valence electrons. The monoisotopic (exact) mass is 387 g/mol. The molecule has 7 heteroatoms. The first kappa shape index (κ1) is 18.1. The Morgan fingerprint density at radius 2 is 1.93 bits per heavy atom. The zero-order chi connectivity index (χ0) is 18.6. The van der Waals surface area contributed by atoms with Crippen LogP contribution in [0.4, 0.5) is 5.69 Å². The highest BCUT2D eigenvalue weighted by Crippen LogP contribution is 2.21. The molecule has 0 bridgehead atoms. The van der Waals surface area contributed by atoms with E-state index in [2.05, 4.69) is 9.88 Å². The van der Waals surface area contributed by atoms with E-state index in [1.54, 1.807) is 18.3 Å². The largest absolute Gasteiger partial charge is 0.472 e. The molecule has 1 aromatic heterocycles. The van der Waals surface area contributed by atoms with E-state index < -0.39 is 0 Å². The Labute approximate surface area is 163 Å². The molecule has 2 aliphatic rings. The van der Waals surface area contributed by atoms with Crippen LogP contribution in [0.2, 0.25) is 5.02 Å². The molecule has 1 unspecified atom stereocenters. The minimum absolute atomic E-state index is 0.0145. The van der Waals surface area contributed by atoms with Gasteiger partial charge in [0, 0.05) is 61.1 Å². The van der Waals surface area contributed by atoms with E-state index in [4.69, 9.17) is 21.1 Å². The van der Waals surface area contributed by atoms with Crippen LogP contribution in [0.1, 0.15) is 16.8 Å². The molecule has 2 aliphatic heterocycles. The first-order chi connectivity index (χ1) is 13.2. The third kappa shape index (κ3) is 4.34. The minimum Gasteiger partial charge on any atom is -0.472 e. The maximum atomic E-state index is 12.9. The number of nitrogens with zero attached hydrogens (tertiary/aromatic N) is 3. The summed E-state index contributed by atoms with van der Waals surface area (Å²) in [5.74, 6) is 0.497. The topological polar surface area (TPSA) is 54.9 Å². The highest BCUT2D eigenvalue weighted by molar-refractivity contribution is 6.30. The van der Waals surface area contributed by atoms with E-state index in [0.29, 0.717) is 37.7 Å². The number of piperazine rings is 1. The number of anilines is 1. The van der Waals surface area contributed by atoms with Crippen LogP contribution in [0.3, 0.4) is 0 Å². The average molecular weight is 388 g/mol. The van der Waals surface area contributed by atoms with E-state index in [-0.39, 0.29) is 12.0 Å². The molecular weight excluding hydrogens is 366 g/mol. The van der Waals surface area contributed by atoms with Crippen LogP contribution in [-0.4, -0.2) is 61.3 Å². The zero-order valence-electron chi connectivity index (χ0n) is 15.0. The molecule has 27 heavy (non-hydrogen) atoms. The summed E-state index contributed by atoms with van der Waals surface area (Å²) < 4.78 is 11.1. The Bertz CT molecular complexity index is 785. The number of halogens is 1. The third-order valence-corrected chi connectivity index (χ3v) is 5.17. The fourth-order valence-electron chi connectivity index (χ4n) is 3.39. The fraction of sp³-hybridized carbons (Fsp3) is 0.400. The summed E-state index contributed by atoms with van der Waals surface area (Å²) in [4.78, 5) is 21.2. The molecule has 4 rings (SSSR count). The highest BCUT2D eigenvalue weighted by Gasteiger charge is 2.23. The smallest absolute Gasteiger partial charge is 0.254 e. The summed E-state index contributed by atoms with van der Waals surface area (Å²) in [6.45, 7) is 4.23. The summed E-state index contributed by atoms with van der Waals surface area (Å²) in [7, 11) is 0. The normalized spacial score (nSPS) is 20.0. The number of pyridine rings is 1. The Hall–Kier alpha value is -2.31. The van der Waals surface area contributed by atoms with Crippen molar-refractivity contribution in [2.75, 3.05) is 44.3 Å². The van der Waals surface area contributed by atoms with Crippen LogP contribution >= 0.6 is 11.6 Å². The van der Waals surface area contributed by atoms with Gasteiger partial charge in [-0.05, 0) is 30.3 Å². The van der Waals surface area contributed by atoms with E-state index in [1.165, 1.54) is 0 Å². The number of aromatic nitrogens is 1. The predicted molar refractivity (Wildman–Crippen MR) is 104 cm³/mol. The van der Waals surface area contributed by atoms with Gasteiger partial charge in [0.25, 0.3) is 5.91 Å². The van der Waals surface area contributed by atoms with Gasteiger partial charge in [0.1, 0.15) is 6.10 Å². The van der Waals surface area contributed by atoms with E-state index in [1.807, 2.05) is 29.2 Å². The van der Waals surface area contributed by atoms with E-state index in [9.17, 15) is 4.79 Å². The summed E-state index contributed by atoms with van der Waals surface area (Å²) in [6, 6.07) is 11.3. The van der Waals surface area contributed by atoms with Crippen LogP contribution < -0.4 is 9.64 Å². The second-order valence-electron chi connectivity index (χ2n) is 6.74. The lowest BCUT2D eigenvalue weighted by Gasteiger charge is -2.36. The van der Waals surface area contributed by atoms with Crippen molar-refractivity contribution in [1.82, 2.24) is 9.88 Å². The number of rotatable bonds is 4. The fourth-order valence-corrected chi connectivity index (χ4v) is 3.51. The lowest BCUT2D eigenvalue weighted by molar-refractivity contribution is 0.0745. The molecule has 0 saturated carbocycles. The minimum atomic E-state index is 0.0145. The molecule has 0 aliphatic carbocycles. The predicted octanol–water partition coefficient (Wildman–Crippen LogP) is 2.87. The van der Waals surface area contributed by atoms with Gasteiger partial charge >= 0.3 is 0 Å². The van der Waals surface area contributed by atoms with Gasteiger partial charge in [-0.2, -0.15) is 0 Å². The number of amides is 1. The molecule has 1 atom stereocenters. The van der Waals surface area contributed by atoms with Crippen LogP contribution in [0, 0.1) is 0 Å². The van der Waals surface area contributed by atoms with Crippen molar-refractivity contribution < 1.29 is 14.3 Å². The average Bonchev–Trinajstić information content (AvgIpc) is 3.21. The molecule has 0 spiro atoms. The number of ether oxygens (including phenoxy) is 2. The number of hydrogen-bond donors (Lipinski definition) is 0. The summed E-state index contributed by atoms with van der Waals surface area (Å²) >= 11 is 5.96. The highest BCUT2D eigenvalue weighted by atomic mass is 35.5. The van der Waals surface area contributed by atoms with Gasteiger partial charge in [-0.1, -0.05) is 11.6 Å². The Morgan fingerprint density at radius 3 is 2.63 bits per heavy atom. The molecule has 6 nitrogen and oxygen atoms in total. The quantitative estimate of drug-likeness (QED) is 0.807. The molecular formula is C20H22ClN3O3. The van der Waals surface area contributed by atoms with Gasteiger partial charge in [0.05, 0.1) is 13.2 Å². The zero-order valence-corrected chi connectivity index (χ0v) is 15.8. The van der Waals surface area contributed by atoms with Crippen molar-refractivity contribution in [2.24, 2.45) is 0 Å². The number of hydrogen-bond acceptors (Lipinski definition) is 5. The van der Waals surface area contributed by atoms with Crippen molar-refractivity contribution in [1.29, 1.82) is 0 Å². The first-order valence-corrected chi connectivity index (χ1v) is 9.57. The van der Waals surface area contributed by atoms with E-state index >= 15 is 0 Å². The van der Waals surface area contributed by atoms with Crippen molar-refractivity contribution in [2.45, 2.75) is 12.5 Å². The number of carbonyl (C=O) groups is 1. The lowest BCUT2D eigenvalue weighted by atomic mass is 10.2. The van der Waals surface area contributed by atoms with Gasteiger partial charge in [-0.15, -0.1) is 0 Å². The van der Waals surface area contributed by atoms with Crippen molar-refractivity contribution in [3.05, 3.63) is 53.2 Å². The Kier molecular flexibility index (Phi) is 5.45. The summed E-state index contributed by atoms with van der Waals surface area (Å²) in [6.07, 6.45) is 2.50. The molecule has 2 aromatic rings. The molecule has 1 aromatic carbocycles. The van der Waals surface area contributed by atoms with Crippen molar-refractivity contribution >= 4 is 23.2 Å². The maximum absolute atomic E-state index is 12.9. The number of benzene rings is 1. The van der Waals surface area contributed by atoms with Gasteiger partial charge in [-0.25, -0.2) is 4.98 Å². The molecule has 2 fully saturated rings. The SMILES string of the molecule is O=C(c1ccnc(OC2CCOC2)c1)N1CCN(c2ccc(Cl)cc2)CC1. The second-order valence-corrected chi connectivity index (χ2v) is 7.18. The lowest BCUT2D eigenvalue weighted by Crippen LogP contribution is -2.48. The van der Waals surface area contributed by atoms with Crippen LogP contribution in [0.25, 0.3) is 0 Å². The Morgan fingerprint density at radius 1 is 1.15 bits per heavy atom. The summed E-state index contributed by atoms with van der Waals surface area (Å²) in [5, 5.41) is 0.729. The Balaban J connectivity index is 1.36. The standard InChI is InChI=1S/C20H22ClN3O3/c21-16-1-3-17(4-2-16)23-8-10-24(11-9-23)20(25)15-5-7-22-19(13-15)27-18-6-12-26-14-18/h1-5,7,13,18H,6,8-12,14H2. The van der Waals surface area contributed by atoms with Crippen molar-refractivity contribution in [3.63, 3.8) is 0 Å². The molecule has 3 heterocycles. The van der Waals surface area contributed by atoms with Crippen molar-refractivity contribution in [3.8, 4) is 5.88 Å². The molecule has 0 radical (unpaired) electrons. The van der Waals surface area contributed by atoms with Gasteiger partial charge in [0.15, 0.2) is 0 Å². The molecule has 2 saturated heterocycles. The van der Waals surface area contributed by atoms with Crippen LogP contribution in [0.15, 0.2) is 42.6 Å². The molecule has 0 N–H and O–H groups in total. The van der Waals surface area contributed by atoms with Gasteiger partial charge < -0.3 is 19.3 Å². The molecule has 1 amide bonds. The van der Waals surface area contributed by atoms with E-state index in [0.717, 1.165) is 30.2 Å². The first-order valence-electron chi connectivity index (χ1n) is 9.19.